The first-order valence-corrected chi connectivity index (χ1v) is 17.9. The minimum absolute atomic E-state index is 0.512. The molecule has 0 atom stereocenters. The van der Waals surface area contributed by atoms with Gasteiger partial charge in [-0.15, -0.1) is 0 Å². The molecule has 1 spiro atoms. The highest BCUT2D eigenvalue weighted by Crippen LogP contribution is 2.65. The Morgan fingerprint density at radius 2 is 0.784 bits per heavy atom. The molecule has 0 fully saturated rings. The van der Waals surface area contributed by atoms with Crippen LogP contribution in [0.5, 0.6) is 0 Å². The summed E-state index contributed by atoms with van der Waals surface area (Å²) >= 11 is 6.94. The molecule has 51 heavy (non-hydrogen) atoms. The Balaban J connectivity index is 1.34. The van der Waals surface area contributed by atoms with Gasteiger partial charge in [-0.25, -0.2) is 0 Å². The maximum atomic E-state index is 6.94. The van der Waals surface area contributed by atoms with Gasteiger partial charge in [0.2, 0.25) is 0 Å². The van der Waals surface area contributed by atoms with Crippen LogP contribution in [0.25, 0.3) is 44.5 Å². The fraction of sp³-hybridized carbons (Fsp3) is 0.0204. The standard InChI is InChI=1S/C49H32ClN/c50-35-30-31-40-44(32-35)49(41-24-11-7-22-38(41)39-23-8-12-25-42(39)49)43-26-15-29-47(48(40)43)51(45-27-13-9-20-36(45)33-16-3-1-4-17-33)46-28-14-10-21-37(46)34-18-5-2-6-19-34/h1-32H. The molecule has 0 radical (unpaired) electrons. The topological polar surface area (TPSA) is 3.24 Å². The normalized spacial score (nSPS) is 13.0. The lowest BCUT2D eigenvalue weighted by Gasteiger charge is -2.33. The minimum atomic E-state index is -0.512. The Morgan fingerprint density at radius 3 is 1.35 bits per heavy atom. The Bertz CT molecular complexity index is 2480. The van der Waals surface area contributed by atoms with Gasteiger partial charge in [-0.05, 0) is 80.4 Å². The van der Waals surface area contributed by atoms with E-state index in [1.165, 1.54) is 66.8 Å². The number of hydrogen-bond acceptors (Lipinski definition) is 1. The maximum absolute atomic E-state index is 6.94. The average Bonchev–Trinajstić information content (AvgIpc) is 3.66. The molecule has 0 aliphatic heterocycles. The molecule has 0 heterocycles. The zero-order valence-electron chi connectivity index (χ0n) is 27.8. The Labute approximate surface area is 303 Å². The van der Waals surface area contributed by atoms with Gasteiger partial charge in [-0.2, -0.15) is 0 Å². The number of anilines is 3. The van der Waals surface area contributed by atoms with Crippen molar-refractivity contribution < 1.29 is 0 Å². The van der Waals surface area contributed by atoms with E-state index in [2.05, 4.69) is 193 Å². The van der Waals surface area contributed by atoms with E-state index in [0.717, 1.165) is 22.1 Å². The molecule has 0 N–H and O–H groups in total. The van der Waals surface area contributed by atoms with E-state index < -0.39 is 5.41 Å². The van der Waals surface area contributed by atoms with Crippen molar-refractivity contribution >= 4 is 28.7 Å². The van der Waals surface area contributed by atoms with Crippen molar-refractivity contribution in [2.45, 2.75) is 5.41 Å². The van der Waals surface area contributed by atoms with Crippen LogP contribution in [-0.4, -0.2) is 0 Å². The quantitative estimate of drug-likeness (QED) is 0.176. The summed E-state index contributed by atoms with van der Waals surface area (Å²) in [6, 6.07) is 70.3. The molecule has 0 saturated heterocycles. The van der Waals surface area contributed by atoms with Gasteiger partial charge in [-0.3, -0.25) is 0 Å². The van der Waals surface area contributed by atoms with Crippen molar-refractivity contribution in [3.8, 4) is 44.5 Å². The van der Waals surface area contributed by atoms with Gasteiger partial charge in [-0.1, -0.05) is 175 Å². The zero-order valence-corrected chi connectivity index (χ0v) is 28.6. The Morgan fingerprint density at radius 1 is 0.333 bits per heavy atom. The number of fused-ring (bicyclic) bond motifs is 10. The van der Waals surface area contributed by atoms with Crippen LogP contribution in [0.2, 0.25) is 5.02 Å². The van der Waals surface area contributed by atoms with Crippen LogP contribution in [0.1, 0.15) is 22.3 Å². The van der Waals surface area contributed by atoms with Gasteiger partial charge in [0, 0.05) is 21.7 Å². The van der Waals surface area contributed by atoms with Crippen LogP contribution in [0.3, 0.4) is 0 Å². The second-order valence-electron chi connectivity index (χ2n) is 13.3. The number of para-hydroxylation sites is 2. The van der Waals surface area contributed by atoms with E-state index in [1.54, 1.807) is 0 Å². The minimum Gasteiger partial charge on any atom is -0.309 e. The van der Waals surface area contributed by atoms with Gasteiger partial charge in [0.25, 0.3) is 0 Å². The van der Waals surface area contributed by atoms with Crippen molar-refractivity contribution in [1.29, 1.82) is 0 Å². The highest BCUT2D eigenvalue weighted by atomic mass is 35.5. The molecule has 0 aromatic heterocycles. The van der Waals surface area contributed by atoms with E-state index in [9.17, 15) is 0 Å². The lowest BCUT2D eigenvalue weighted by molar-refractivity contribution is 0.794. The summed E-state index contributed by atoms with van der Waals surface area (Å²) in [5.41, 5.74) is 17.6. The summed E-state index contributed by atoms with van der Waals surface area (Å²) in [4.78, 5) is 2.49. The van der Waals surface area contributed by atoms with Crippen LogP contribution in [0.4, 0.5) is 17.1 Å². The van der Waals surface area contributed by atoms with E-state index in [4.69, 9.17) is 11.6 Å². The number of rotatable bonds is 5. The fourth-order valence-electron chi connectivity index (χ4n) is 8.78. The summed E-state index contributed by atoms with van der Waals surface area (Å²) in [5.74, 6) is 0. The van der Waals surface area contributed by atoms with Gasteiger partial charge in [0.05, 0.1) is 22.5 Å². The molecule has 2 aliphatic carbocycles. The molecule has 0 unspecified atom stereocenters. The number of hydrogen-bond donors (Lipinski definition) is 0. The third-order valence-corrected chi connectivity index (χ3v) is 11.0. The van der Waals surface area contributed by atoms with E-state index >= 15 is 0 Å². The fourth-order valence-corrected chi connectivity index (χ4v) is 8.95. The van der Waals surface area contributed by atoms with Crippen LogP contribution in [0.15, 0.2) is 194 Å². The highest BCUT2D eigenvalue weighted by Gasteiger charge is 2.52. The molecule has 10 rings (SSSR count). The first-order valence-electron chi connectivity index (χ1n) is 17.5. The van der Waals surface area contributed by atoms with Gasteiger partial charge >= 0.3 is 0 Å². The van der Waals surface area contributed by atoms with Crippen molar-refractivity contribution in [1.82, 2.24) is 0 Å². The van der Waals surface area contributed by atoms with E-state index in [0.29, 0.717) is 0 Å². The predicted octanol–water partition coefficient (Wildman–Crippen LogP) is 13.5. The van der Waals surface area contributed by atoms with E-state index in [-0.39, 0.29) is 0 Å². The van der Waals surface area contributed by atoms with Gasteiger partial charge in [0.15, 0.2) is 0 Å². The predicted molar refractivity (Wildman–Crippen MR) is 213 cm³/mol. The van der Waals surface area contributed by atoms with Crippen molar-refractivity contribution in [3.63, 3.8) is 0 Å². The highest BCUT2D eigenvalue weighted by molar-refractivity contribution is 6.31. The maximum Gasteiger partial charge on any atom is 0.0726 e. The molecule has 0 saturated carbocycles. The average molecular weight is 670 g/mol. The first-order chi connectivity index (χ1) is 25.2. The molecule has 8 aromatic rings. The number of halogens is 1. The van der Waals surface area contributed by atoms with Crippen LogP contribution >= 0.6 is 11.6 Å². The molecule has 1 nitrogen and oxygen atoms in total. The molecule has 240 valence electrons. The second kappa shape index (κ2) is 11.7. The lowest BCUT2D eigenvalue weighted by Crippen LogP contribution is -2.26. The van der Waals surface area contributed by atoms with Crippen LogP contribution in [-0.2, 0) is 5.41 Å². The number of nitrogens with zero attached hydrogens (tertiary/aromatic N) is 1. The Hall–Kier alpha value is -6.15. The van der Waals surface area contributed by atoms with Gasteiger partial charge in [0.1, 0.15) is 0 Å². The summed E-state index contributed by atoms with van der Waals surface area (Å²) < 4.78 is 0. The summed E-state index contributed by atoms with van der Waals surface area (Å²) in [6.07, 6.45) is 0. The molecule has 8 aromatic carbocycles. The first kappa shape index (κ1) is 29.7. The van der Waals surface area contributed by atoms with E-state index in [1.807, 2.05) is 6.07 Å². The summed E-state index contributed by atoms with van der Waals surface area (Å²) in [6.45, 7) is 0. The molecule has 2 heteroatoms. The third kappa shape index (κ3) is 4.35. The molecular formula is C49H32ClN. The smallest absolute Gasteiger partial charge is 0.0726 e. The van der Waals surface area contributed by atoms with Crippen molar-refractivity contribution in [3.05, 3.63) is 221 Å². The third-order valence-electron chi connectivity index (χ3n) is 10.8. The molecular weight excluding hydrogens is 638 g/mol. The van der Waals surface area contributed by atoms with Gasteiger partial charge < -0.3 is 4.90 Å². The Kier molecular flexibility index (Phi) is 6.84. The monoisotopic (exact) mass is 669 g/mol. The number of benzene rings is 8. The lowest BCUT2D eigenvalue weighted by atomic mass is 9.70. The summed E-state index contributed by atoms with van der Waals surface area (Å²) in [7, 11) is 0. The largest absolute Gasteiger partial charge is 0.309 e. The zero-order chi connectivity index (χ0) is 33.9. The second-order valence-corrected chi connectivity index (χ2v) is 13.8. The SMILES string of the molecule is Clc1ccc2c(c1)C1(c3ccccc3-c3ccccc31)c1cccc(N(c3ccccc3-c3ccccc3)c3ccccc3-c3ccccc3)c1-2. The van der Waals surface area contributed by atoms with Crippen LogP contribution in [0, 0.1) is 0 Å². The van der Waals surface area contributed by atoms with Crippen LogP contribution < -0.4 is 4.90 Å². The molecule has 2 aliphatic rings. The summed E-state index contributed by atoms with van der Waals surface area (Å²) in [5, 5.41) is 0.741. The van der Waals surface area contributed by atoms with Crippen molar-refractivity contribution in [2.24, 2.45) is 0 Å². The molecule has 0 amide bonds. The van der Waals surface area contributed by atoms with Crippen molar-refractivity contribution in [2.75, 3.05) is 4.90 Å². The molecule has 0 bridgehead atoms.